The lowest BCUT2D eigenvalue weighted by Gasteiger charge is -2.27. The molecule has 0 amide bonds. The molecule has 2 atom stereocenters. The molecule has 2 aliphatic rings. The van der Waals surface area contributed by atoms with Crippen molar-refractivity contribution in [2.45, 2.75) is 25.4 Å². The van der Waals surface area contributed by atoms with Crippen molar-refractivity contribution in [3.63, 3.8) is 0 Å². The molecule has 0 saturated carbocycles. The summed E-state index contributed by atoms with van der Waals surface area (Å²) in [7, 11) is 0. The van der Waals surface area contributed by atoms with Gasteiger partial charge in [0.1, 0.15) is 0 Å². The van der Waals surface area contributed by atoms with E-state index in [1.54, 1.807) is 0 Å². The van der Waals surface area contributed by atoms with Gasteiger partial charge in [-0.2, -0.15) is 0 Å². The van der Waals surface area contributed by atoms with E-state index < -0.39 is 5.97 Å². The third-order valence-corrected chi connectivity index (χ3v) is 1.72. The van der Waals surface area contributed by atoms with E-state index >= 15 is 0 Å². The van der Waals surface area contributed by atoms with Crippen LogP contribution in [-0.2, 0) is 14.2 Å². The van der Waals surface area contributed by atoms with Crippen molar-refractivity contribution in [2.75, 3.05) is 13.2 Å². The van der Waals surface area contributed by atoms with Crippen LogP contribution >= 0.6 is 0 Å². The molecule has 0 spiro atoms. The van der Waals surface area contributed by atoms with Crippen molar-refractivity contribution in [1.29, 1.82) is 0 Å². The Bertz CT molecular complexity index is 121. The highest BCUT2D eigenvalue weighted by Gasteiger charge is 2.41. The zero-order valence-corrected chi connectivity index (χ0v) is 5.42. The fourth-order valence-electron chi connectivity index (χ4n) is 1.21. The molecule has 2 aliphatic heterocycles. The summed E-state index contributed by atoms with van der Waals surface area (Å²) in [6.07, 6.45) is 1.25. The summed E-state index contributed by atoms with van der Waals surface area (Å²) in [6.45, 7) is 3.27. The van der Waals surface area contributed by atoms with Gasteiger partial charge in [0.2, 0.25) is 0 Å². The maximum atomic E-state index is 5.34. The molecule has 2 bridgehead atoms. The molecule has 2 fully saturated rings. The van der Waals surface area contributed by atoms with Crippen LogP contribution in [0.3, 0.4) is 0 Å². The molecule has 0 aliphatic carbocycles. The third kappa shape index (κ3) is 0.852. The molecule has 0 unspecified atom stereocenters. The topological polar surface area (TPSA) is 27.7 Å². The Morgan fingerprint density at radius 1 is 1.44 bits per heavy atom. The molecule has 52 valence electrons. The predicted molar refractivity (Wildman–Crippen MR) is 29.8 cm³/mol. The lowest BCUT2D eigenvalue weighted by Crippen LogP contribution is -2.35. The molecule has 0 aromatic heterocycles. The minimum absolute atomic E-state index is 0.281. The monoisotopic (exact) mass is 130 g/mol. The van der Waals surface area contributed by atoms with Gasteiger partial charge in [-0.15, -0.1) is 0 Å². The van der Waals surface area contributed by atoms with Crippen molar-refractivity contribution < 1.29 is 14.2 Å². The fourth-order valence-corrected chi connectivity index (χ4v) is 1.21. The van der Waals surface area contributed by atoms with Gasteiger partial charge in [-0.25, -0.2) is 0 Å². The van der Waals surface area contributed by atoms with Gasteiger partial charge in [0.15, 0.2) is 0 Å². The minimum atomic E-state index is -0.705. The van der Waals surface area contributed by atoms with E-state index in [9.17, 15) is 0 Å². The normalized spacial score (nSPS) is 49.7. The first kappa shape index (κ1) is 5.65. The number of hydrogen-bond donors (Lipinski definition) is 0. The number of rotatable bonds is 0. The van der Waals surface area contributed by atoms with Crippen LogP contribution in [0.2, 0.25) is 0 Å². The van der Waals surface area contributed by atoms with Crippen LogP contribution in [0.1, 0.15) is 13.3 Å². The van der Waals surface area contributed by atoms with Crippen molar-refractivity contribution in [2.24, 2.45) is 0 Å². The fraction of sp³-hybridized carbons (Fsp3) is 1.00. The number of fused-ring (bicyclic) bond motifs is 2. The van der Waals surface area contributed by atoms with E-state index in [1.807, 2.05) is 6.92 Å². The van der Waals surface area contributed by atoms with Gasteiger partial charge in [-0.1, -0.05) is 0 Å². The second-order valence-corrected chi connectivity index (χ2v) is 2.55. The van der Waals surface area contributed by atoms with Gasteiger partial charge in [-0.3, -0.25) is 0 Å². The average Bonchev–Trinajstić information content (AvgIpc) is 2.07. The van der Waals surface area contributed by atoms with Gasteiger partial charge in [-0.05, 0) is 6.42 Å². The highest BCUT2D eigenvalue weighted by Crippen LogP contribution is 2.30. The van der Waals surface area contributed by atoms with E-state index in [4.69, 9.17) is 14.2 Å². The molecule has 0 radical (unpaired) electrons. The van der Waals surface area contributed by atoms with Gasteiger partial charge in [0.05, 0.1) is 19.3 Å². The summed E-state index contributed by atoms with van der Waals surface area (Å²) in [5.74, 6) is -0.705. The molecule has 0 aromatic carbocycles. The highest BCUT2D eigenvalue weighted by molar-refractivity contribution is 4.72. The molecular weight excluding hydrogens is 120 g/mol. The lowest BCUT2D eigenvalue weighted by molar-refractivity contribution is -0.342. The van der Waals surface area contributed by atoms with Gasteiger partial charge in [0.25, 0.3) is 5.97 Å². The Morgan fingerprint density at radius 3 is 3.00 bits per heavy atom. The molecule has 3 nitrogen and oxygen atoms in total. The molecule has 3 heteroatoms. The van der Waals surface area contributed by atoms with Crippen LogP contribution in [0.15, 0.2) is 0 Å². The minimum Gasteiger partial charge on any atom is -0.328 e. The molecule has 9 heavy (non-hydrogen) atoms. The molecule has 0 N–H and O–H groups in total. The van der Waals surface area contributed by atoms with Crippen LogP contribution in [0.5, 0.6) is 0 Å². The van der Waals surface area contributed by atoms with E-state index in [1.165, 1.54) is 0 Å². The summed E-state index contributed by atoms with van der Waals surface area (Å²) >= 11 is 0. The maximum absolute atomic E-state index is 5.34. The first-order chi connectivity index (χ1) is 4.29. The Balaban J connectivity index is 2.13. The number of hydrogen-bond acceptors (Lipinski definition) is 3. The highest BCUT2D eigenvalue weighted by atomic mass is 16.9. The van der Waals surface area contributed by atoms with Crippen molar-refractivity contribution in [3.05, 3.63) is 0 Å². The van der Waals surface area contributed by atoms with Gasteiger partial charge >= 0.3 is 0 Å². The van der Waals surface area contributed by atoms with Crippen LogP contribution in [0.4, 0.5) is 0 Å². The molecular formula is C6H10O3. The summed E-state index contributed by atoms with van der Waals surface area (Å²) in [5, 5.41) is 0. The third-order valence-electron chi connectivity index (χ3n) is 1.72. The van der Waals surface area contributed by atoms with Crippen molar-refractivity contribution in [3.8, 4) is 0 Å². The average molecular weight is 130 g/mol. The lowest BCUT2D eigenvalue weighted by atomic mass is 10.3. The smallest absolute Gasteiger partial charge is 0.280 e. The van der Waals surface area contributed by atoms with Crippen LogP contribution < -0.4 is 0 Å². The quantitative estimate of drug-likeness (QED) is 0.477. The van der Waals surface area contributed by atoms with E-state index in [2.05, 4.69) is 0 Å². The van der Waals surface area contributed by atoms with Crippen LogP contribution in [0.25, 0.3) is 0 Å². The zero-order chi connectivity index (χ0) is 6.32. The molecule has 0 aromatic rings. The van der Waals surface area contributed by atoms with E-state index in [0.717, 1.165) is 13.0 Å². The summed E-state index contributed by atoms with van der Waals surface area (Å²) in [4.78, 5) is 0. The summed E-state index contributed by atoms with van der Waals surface area (Å²) in [5.41, 5.74) is 0. The van der Waals surface area contributed by atoms with Gasteiger partial charge in [0, 0.05) is 6.92 Å². The largest absolute Gasteiger partial charge is 0.328 e. The first-order valence-corrected chi connectivity index (χ1v) is 3.24. The zero-order valence-electron chi connectivity index (χ0n) is 5.42. The SMILES string of the molecule is C[C@]12OCC[C@H](CO1)O2. The number of ether oxygens (including phenoxy) is 3. The second kappa shape index (κ2) is 1.68. The Kier molecular flexibility index (Phi) is 1.06. The molecule has 2 heterocycles. The van der Waals surface area contributed by atoms with Crippen LogP contribution in [-0.4, -0.2) is 25.3 Å². The molecule has 2 saturated heterocycles. The van der Waals surface area contributed by atoms with E-state index in [-0.39, 0.29) is 6.10 Å². The second-order valence-electron chi connectivity index (χ2n) is 2.55. The first-order valence-electron chi connectivity index (χ1n) is 3.24. The molecule has 2 rings (SSSR count). The van der Waals surface area contributed by atoms with E-state index in [0.29, 0.717) is 6.61 Å². The maximum Gasteiger partial charge on any atom is 0.280 e. The Morgan fingerprint density at radius 2 is 2.33 bits per heavy atom. The summed E-state index contributed by atoms with van der Waals surface area (Å²) in [6, 6.07) is 0. The Labute approximate surface area is 53.9 Å². The predicted octanol–water partition coefficient (Wildman–Crippen LogP) is 0.496. The van der Waals surface area contributed by atoms with Crippen molar-refractivity contribution in [1.82, 2.24) is 0 Å². The summed E-state index contributed by atoms with van der Waals surface area (Å²) < 4.78 is 15.8. The van der Waals surface area contributed by atoms with Gasteiger partial charge < -0.3 is 14.2 Å². The Hall–Kier alpha value is -0.120. The standard InChI is InChI=1S/C6H10O3/c1-6-7-3-2-5(9-6)4-8-6/h5H,2-4H2,1H3/t5-,6+/m1/s1. The van der Waals surface area contributed by atoms with Crippen molar-refractivity contribution >= 4 is 0 Å². The van der Waals surface area contributed by atoms with Crippen LogP contribution in [0, 0.1) is 0 Å².